The first-order valence-corrected chi connectivity index (χ1v) is 8.91. The molecule has 0 radical (unpaired) electrons. The van der Waals surface area contributed by atoms with E-state index in [0.717, 1.165) is 5.56 Å². The van der Waals surface area contributed by atoms with Crippen LogP contribution >= 0.6 is 0 Å². The number of carbonyl (C=O) groups is 1. The number of hydrogen-bond donors (Lipinski definition) is 2. The minimum Gasteiger partial charge on any atom is -0.442 e. The van der Waals surface area contributed by atoms with Gasteiger partial charge in [0.05, 0.1) is 25.5 Å². The molecule has 1 aliphatic heterocycles. The molecule has 0 saturated carbocycles. The van der Waals surface area contributed by atoms with Crippen molar-refractivity contribution in [2.45, 2.75) is 26.0 Å². The second-order valence-corrected chi connectivity index (χ2v) is 6.67. The number of amides is 1. The van der Waals surface area contributed by atoms with E-state index in [4.69, 9.17) is 4.74 Å². The summed E-state index contributed by atoms with van der Waals surface area (Å²) in [6.07, 6.45) is -1.45. The second kappa shape index (κ2) is 7.97. The van der Waals surface area contributed by atoms with Crippen molar-refractivity contribution in [3.63, 3.8) is 0 Å². The summed E-state index contributed by atoms with van der Waals surface area (Å²) in [4.78, 5) is 18.4. The number of hydrogen-bond acceptors (Lipinski definition) is 7. The molecule has 1 fully saturated rings. The molecule has 30 heavy (non-hydrogen) atoms. The van der Waals surface area contributed by atoms with Gasteiger partial charge >= 0.3 is 6.09 Å². The molecule has 1 saturated heterocycles. The van der Waals surface area contributed by atoms with Crippen LogP contribution < -0.4 is 10.6 Å². The van der Waals surface area contributed by atoms with E-state index in [1.165, 1.54) is 0 Å². The van der Waals surface area contributed by atoms with E-state index in [1.807, 2.05) is 13.0 Å². The molecule has 2 aromatic heterocycles. The summed E-state index contributed by atoms with van der Waals surface area (Å²) >= 11 is 0. The molecular weight excluding hydrogens is 403 g/mol. The summed E-state index contributed by atoms with van der Waals surface area (Å²) in [6.45, 7) is 2.59. The number of anilines is 2. The van der Waals surface area contributed by atoms with E-state index in [-0.39, 0.29) is 12.1 Å². The Balaban J connectivity index is 1.54. The molecule has 156 valence electrons. The maximum atomic E-state index is 13.4. The van der Waals surface area contributed by atoms with Gasteiger partial charge in [0.2, 0.25) is 5.95 Å². The Bertz CT molecular complexity index is 1090. The lowest BCUT2D eigenvalue weighted by Crippen LogP contribution is -2.20. The molecular formula is C18H16F3N7O2. The van der Waals surface area contributed by atoms with Crippen LogP contribution in [0.5, 0.6) is 0 Å². The number of alkyl carbamates (subject to hydrolysis) is 1. The molecule has 9 nitrogen and oxygen atoms in total. The minimum absolute atomic E-state index is 0.151. The lowest BCUT2D eigenvalue weighted by Gasteiger charge is -2.09. The standard InChI is InChI=1S/C18H16F3N7O2/c1-9-2-10(14-8-28(27-26-14)7-12-5-23-18(29)30-12)4-11(3-9)24-17-22-6-13(19)15(25-17)16(20)21/h2-4,6,8,12,16H,5,7H2,1H3,(H,23,29)(H,22,24,25). The van der Waals surface area contributed by atoms with Crippen LogP contribution in [0.2, 0.25) is 0 Å². The Morgan fingerprint density at radius 3 is 2.93 bits per heavy atom. The fourth-order valence-corrected chi connectivity index (χ4v) is 2.99. The first kappa shape index (κ1) is 19.6. The summed E-state index contributed by atoms with van der Waals surface area (Å²) in [5.74, 6) is -1.32. The number of nitrogens with zero attached hydrogens (tertiary/aromatic N) is 5. The van der Waals surface area contributed by atoms with E-state index in [1.54, 1.807) is 23.0 Å². The zero-order valence-electron chi connectivity index (χ0n) is 15.6. The lowest BCUT2D eigenvalue weighted by molar-refractivity contribution is 0.128. The van der Waals surface area contributed by atoms with Crippen molar-refractivity contribution in [3.8, 4) is 11.3 Å². The molecule has 12 heteroatoms. The zero-order chi connectivity index (χ0) is 21.3. The highest BCUT2D eigenvalue weighted by Gasteiger charge is 2.23. The predicted molar refractivity (Wildman–Crippen MR) is 98.7 cm³/mol. The summed E-state index contributed by atoms with van der Waals surface area (Å²) < 4.78 is 45.8. The zero-order valence-corrected chi connectivity index (χ0v) is 15.6. The second-order valence-electron chi connectivity index (χ2n) is 6.67. The fourth-order valence-electron chi connectivity index (χ4n) is 2.99. The van der Waals surface area contributed by atoms with Crippen molar-refractivity contribution in [3.05, 3.63) is 47.7 Å². The predicted octanol–water partition coefficient (Wildman–Crippen LogP) is 2.97. The van der Waals surface area contributed by atoms with Gasteiger partial charge in [-0.1, -0.05) is 5.21 Å². The Morgan fingerprint density at radius 2 is 2.20 bits per heavy atom. The third-order valence-electron chi connectivity index (χ3n) is 4.28. The van der Waals surface area contributed by atoms with Crippen LogP contribution in [0, 0.1) is 12.7 Å². The maximum Gasteiger partial charge on any atom is 0.407 e. The van der Waals surface area contributed by atoms with Gasteiger partial charge in [-0.2, -0.15) is 0 Å². The number of cyclic esters (lactones) is 1. The molecule has 1 amide bonds. The molecule has 4 rings (SSSR count). The van der Waals surface area contributed by atoms with Crippen molar-refractivity contribution in [1.29, 1.82) is 0 Å². The van der Waals surface area contributed by atoms with Crippen LogP contribution in [0.4, 0.5) is 29.6 Å². The molecule has 1 atom stereocenters. The molecule has 0 bridgehead atoms. The average molecular weight is 419 g/mol. The third-order valence-corrected chi connectivity index (χ3v) is 4.28. The monoisotopic (exact) mass is 419 g/mol. The van der Waals surface area contributed by atoms with Crippen LogP contribution in [-0.4, -0.2) is 43.7 Å². The SMILES string of the molecule is Cc1cc(Nc2ncc(F)c(C(F)F)n2)cc(-c2cn(CC3CNC(=O)O3)nn2)c1. The number of ether oxygens (including phenoxy) is 1. The molecule has 1 aliphatic rings. The number of halogens is 3. The first-order chi connectivity index (χ1) is 14.4. The largest absolute Gasteiger partial charge is 0.442 e. The quantitative estimate of drug-likeness (QED) is 0.633. The normalized spacial score (nSPS) is 15.9. The Kier molecular flexibility index (Phi) is 5.21. The summed E-state index contributed by atoms with van der Waals surface area (Å²) in [5.41, 5.74) is 1.68. The fraction of sp³-hybridized carbons (Fsp3) is 0.278. The Hall–Kier alpha value is -3.70. The molecule has 2 N–H and O–H groups in total. The number of nitrogens with one attached hydrogen (secondary N) is 2. The van der Waals surface area contributed by atoms with E-state index < -0.39 is 24.0 Å². The number of alkyl halides is 2. The highest BCUT2D eigenvalue weighted by Crippen LogP contribution is 2.26. The summed E-state index contributed by atoms with van der Waals surface area (Å²) in [6, 6.07) is 5.34. The van der Waals surface area contributed by atoms with Crippen molar-refractivity contribution in [2.75, 3.05) is 11.9 Å². The van der Waals surface area contributed by atoms with Crippen LogP contribution in [0.1, 0.15) is 17.7 Å². The minimum atomic E-state index is -3.05. The van der Waals surface area contributed by atoms with Gasteiger partial charge in [-0.25, -0.2) is 32.6 Å². The molecule has 0 spiro atoms. The molecule has 3 heterocycles. The van der Waals surface area contributed by atoms with Crippen LogP contribution in [-0.2, 0) is 11.3 Å². The Labute approximate surface area is 168 Å². The van der Waals surface area contributed by atoms with Crippen molar-refractivity contribution < 1.29 is 22.7 Å². The van der Waals surface area contributed by atoms with Gasteiger partial charge in [-0.05, 0) is 30.7 Å². The van der Waals surface area contributed by atoms with Gasteiger partial charge in [0.25, 0.3) is 6.43 Å². The Morgan fingerprint density at radius 1 is 1.37 bits per heavy atom. The van der Waals surface area contributed by atoms with Crippen LogP contribution in [0.15, 0.2) is 30.6 Å². The van der Waals surface area contributed by atoms with Gasteiger partial charge in [0.1, 0.15) is 17.5 Å². The van der Waals surface area contributed by atoms with Crippen molar-refractivity contribution in [1.82, 2.24) is 30.3 Å². The van der Waals surface area contributed by atoms with Gasteiger partial charge in [0, 0.05) is 11.3 Å². The van der Waals surface area contributed by atoms with Gasteiger partial charge in [-0.15, -0.1) is 5.10 Å². The van der Waals surface area contributed by atoms with Crippen molar-refractivity contribution in [2.24, 2.45) is 0 Å². The molecule has 0 aliphatic carbocycles. The topological polar surface area (TPSA) is 107 Å². The highest BCUT2D eigenvalue weighted by atomic mass is 19.3. The third kappa shape index (κ3) is 4.31. The summed E-state index contributed by atoms with van der Waals surface area (Å²) in [5, 5.41) is 13.5. The number of carbonyl (C=O) groups excluding carboxylic acids is 1. The maximum absolute atomic E-state index is 13.4. The van der Waals surface area contributed by atoms with Gasteiger partial charge < -0.3 is 15.4 Å². The average Bonchev–Trinajstić information content (AvgIpc) is 3.32. The van der Waals surface area contributed by atoms with E-state index in [9.17, 15) is 18.0 Å². The van der Waals surface area contributed by atoms with E-state index in [0.29, 0.717) is 36.2 Å². The van der Waals surface area contributed by atoms with Gasteiger partial charge in [-0.3, -0.25) is 0 Å². The lowest BCUT2D eigenvalue weighted by atomic mass is 10.1. The number of rotatable bonds is 6. The molecule has 1 aromatic carbocycles. The molecule has 1 unspecified atom stereocenters. The molecule has 3 aromatic rings. The number of aromatic nitrogens is 5. The summed E-state index contributed by atoms with van der Waals surface area (Å²) in [7, 11) is 0. The smallest absolute Gasteiger partial charge is 0.407 e. The highest BCUT2D eigenvalue weighted by molar-refractivity contribution is 5.69. The number of benzene rings is 1. The van der Waals surface area contributed by atoms with E-state index in [2.05, 4.69) is 30.9 Å². The van der Waals surface area contributed by atoms with Crippen LogP contribution in [0.25, 0.3) is 11.3 Å². The number of aryl methyl sites for hydroxylation is 1. The van der Waals surface area contributed by atoms with Gasteiger partial charge in [0.15, 0.2) is 5.82 Å². The van der Waals surface area contributed by atoms with Crippen LogP contribution in [0.3, 0.4) is 0 Å². The first-order valence-electron chi connectivity index (χ1n) is 8.91. The van der Waals surface area contributed by atoms with E-state index >= 15 is 0 Å². The van der Waals surface area contributed by atoms with Crippen molar-refractivity contribution >= 4 is 17.7 Å².